The van der Waals surface area contributed by atoms with E-state index in [1.807, 2.05) is 6.92 Å². The predicted octanol–water partition coefficient (Wildman–Crippen LogP) is 3.68. The van der Waals surface area contributed by atoms with Crippen molar-refractivity contribution in [2.75, 3.05) is 18.8 Å². The van der Waals surface area contributed by atoms with Crippen molar-refractivity contribution in [3.63, 3.8) is 0 Å². The maximum Gasteiger partial charge on any atom is 0.243 e. The van der Waals surface area contributed by atoms with Crippen LogP contribution in [-0.2, 0) is 10.0 Å². The van der Waals surface area contributed by atoms with Crippen LogP contribution in [0.4, 0.5) is 5.69 Å². The minimum Gasteiger partial charge on any atom is -0.397 e. The Morgan fingerprint density at radius 3 is 2.29 bits per heavy atom. The zero-order chi connectivity index (χ0) is 16.2. The number of hydrogen-bond donors (Lipinski definition) is 1. The molecule has 0 atom stereocenters. The molecule has 0 aliphatic heterocycles. The van der Waals surface area contributed by atoms with Gasteiger partial charge in [0, 0.05) is 13.1 Å². The van der Waals surface area contributed by atoms with Crippen molar-refractivity contribution in [3.05, 3.63) is 22.7 Å². The van der Waals surface area contributed by atoms with Crippen LogP contribution in [0.1, 0.15) is 39.2 Å². The van der Waals surface area contributed by atoms with Crippen LogP contribution in [0.15, 0.2) is 17.0 Å². The summed E-state index contributed by atoms with van der Waals surface area (Å²) < 4.78 is 27.2. The monoisotopic (exact) mass is 332 g/mol. The van der Waals surface area contributed by atoms with Gasteiger partial charge >= 0.3 is 0 Å². The minimum absolute atomic E-state index is 0.247. The lowest BCUT2D eigenvalue weighted by molar-refractivity contribution is 0.339. The van der Waals surface area contributed by atoms with Gasteiger partial charge in [-0.1, -0.05) is 45.2 Å². The average Bonchev–Trinajstić information content (AvgIpc) is 2.43. The Morgan fingerprint density at radius 2 is 1.81 bits per heavy atom. The van der Waals surface area contributed by atoms with Gasteiger partial charge < -0.3 is 5.73 Å². The molecule has 21 heavy (non-hydrogen) atoms. The average molecular weight is 333 g/mol. The van der Waals surface area contributed by atoms with Gasteiger partial charge in [0.1, 0.15) is 0 Å². The van der Waals surface area contributed by atoms with Crippen molar-refractivity contribution in [3.8, 4) is 0 Å². The Hall–Kier alpha value is -0.780. The zero-order valence-corrected chi connectivity index (χ0v) is 14.8. The van der Waals surface area contributed by atoms with E-state index >= 15 is 0 Å². The van der Waals surface area contributed by atoms with Gasteiger partial charge in [-0.3, -0.25) is 0 Å². The van der Waals surface area contributed by atoms with Gasteiger partial charge in [0.2, 0.25) is 10.0 Å². The van der Waals surface area contributed by atoms with Gasteiger partial charge in [0.15, 0.2) is 0 Å². The van der Waals surface area contributed by atoms with Crippen LogP contribution >= 0.6 is 11.6 Å². The van der Waals surface area contributed by atoms with Crippen molar-refractivity contribution < 1.29 is 8.42 Å². The van der Waals surface area contributed by atoms with Gasteiger partial charge in [-0.05, 0) is 30.5 Å². The number of nitrogens with two attached hydrogens (primary N) is 1. The highest BCUT2D eigenvalue weighted by Crippen LogP contribution is 2.29. The van der Waals surface area contributed by atoms with Gasteiger partial charge in [0.25, 0.3) is 0 Å². The summed E-state index contributed by atoms with van der Waals surface area (Å²) in [6.45, 7) is 8.74. The first kappa shape index (κ1) is 18.3. The number of aryl methyl sites for hydroxylation is 1. The molecule has 0 bridgehead atoms. The van der Waals surface area contributed by atoms with Crippen LogP contribution in [0, 0.1) is 12.8 Å². The molecule has 120 valence electrons. The second kappa shape index (κ2) is 7.47. The van der Waals surface area contributed by atoms with Gasteiger partial charge in [-0.2, -0.15) is 4.31 Å². The molecule has 0 saturated heterocycles. The van der Waals surface area contributed by atoms with E-state index in [1.165, 1.54) is 10.4 Å². The quantitative estimate of drug-likeness (QED) is 0.775. The van der Waals surface area contributed by atoms with Crippen LogP contribution in [0.25, 0.3) is 0 Å². The number of nitrogen functional groups attached to an aromatic ring is 1. The highest BCUT2D eigenvalue weighted by atomic mass is 35.5. The maximum absolute atomic E-state index is 12.8. The fraction of sp³-hybridized carbons (Fsp3) is 0.600. The van der Waals surface area contributed by atoms with Crippen LogP contribution < -0.4 is 5.73 Å². The molecular formula is C15H25ClN2O2S. The van der Waals surface area contributed by atoms with E-state index in [0.717, 1.165) is 12.8 Å². The number of halogens is 1. The highest BCUT2D eigenvalue weighted by Gasteiger charge is 2.27. The highest BCUT2D eigenvalue weighted by molar-refractivity contribution is 7.89. The van der Waals surface area contributed by atoms with E-state index in [4.69, 9.17) is 17.3 Å². The summed E-state index contributed by atoms with van der Waals surface area (Å²) in [4.78, 5) is 0.247. The molecule has 0 saturated carbocycles. The van der Waals surface area contributed by atoms with Gasteiger partial charge in [-0.15, -0.1) is 0 Å². The Kier molecular flexibility index (Phi) is 6.50. The third-order valence-corrected chi connectivity index (χ3v) is 6.29. The van der Waals surface area contributed by atoms with E-state index in [0.29, 0.717) is 35.3 Å². The summed E-state index contributed by atoms with van der Waals surface area (Å²) in [5.74, 6) is 0.365. The van der Waals surface area contributed by atoms with Crippen molar-refractivity contribution in [1.82, 2.24) is 4.31 Å². The van der Waals surface area contributed by atoms with E-state index in [1.54, 1.807) is 13.0 Å². The molecule has 4 nitrogen and oxygen atoms in total. The SMILES string of the molecule is CCC(CC)CN(CC)S(=O)(=O)c1cc(N)c(Cl)cc1C. The molecule has 0 amide bonds. The summed E-state index contributed by atoms with van der Waals surface area (Å²) in [6, 6.07) is 3.07. The summed E-state index contributed by atoms with van der Waals surface area (Å²) in [6.07, 6.45) is 1.93. The van der Waals surface area contributed by atoms with E-state index < -0.39 is 10.0 Å². The molecule has 1 aromatic rings. The van der Waals surface area contributed by atoms with Gasteiger partial charge in [0.05, 0.1) is 15.6 Å². The van der Waals surface area contributed by atoms with Crippen molar-refractivity contribution in [2.24, 2.45) is 5.92 Å². The Labute approximate surface area is 133 Å². The molecule has 0 spiro atoms. The number of sulfonamides is 1. The maximum atomic E-state index is 12.8. The lowest BCUT2D eigenvalue weighted by atomic mass is 10.0. The summed E-state index contributed by atoms with van der Waals surface area (Å²) >= 11 is 5.95. The van der Waals surface area contributed by atoms with Crippen molar-refractivity contribution in [1.29, 1.82) is 0 Å². The second-order valence-corrected chi connectivity index (χ2v) is 7.59. The van der Waals surface area contributed by atoms with E-state index in [2.05, 4.69) is 13.8 Å². The van der Waals surface area contributed by atoms with Crippen molar-refractivity contribution >= 4 is 27.3 Å². The largest absolute Gasteiger partial charge is 0.397 e. The molecular weight excluding hydrogens is 308 g/mol. The summed E-state index contributed by atoms with van der Waals surface area (Å²) in [5, 5.41) is 0.384. The number of benzene rings is 1. The van der Waals surface area contributed by atoms with E-state index in [-0.39, 0.29) is 4.90 Å². The smallest absolute Gasteiger partial charge is 0.243 e. The van der Waals surface area contributed by atoms with Crippen LogP contribution in [-0.4, -0.2) is 25.8 Å². The Morgan fingerprint density at radius 1 is 1.24 bits per heavy atom. The topological polar surface area (TPSA) is 63.4 Å². The first-order valence-electron chi connectivity index (χ1n) is 7.33. The normalized spacial score (nSPS) is 12.3. The zero-order valence-electron chi connectivity index (χ0n) is 13.2. The third kappa shape index (κ3) is 4.11. The molecule has 0 aromatic heterocycles. The van der Waals surface area contributed by atoms with Crippen LogP contribution in [0.5, 0.6) is 0 Å². The molecule has 1 aromatic carbocycles. The van der Waals surface area contributed by atoms with Crippen LogP contribution in [0.2, 0.25) is 5.02 Å². The third-order valence-electron chi connectivity index (χ3n) is 3.88. The standard InChI is InChI=1S/C15H25ClN2O2S/c1-5-12(6-2)10-18(7-3)21(19,20)15-9-14(17)13(16)8-11(15)4/h8-9,12H,5-7,10,17H2,1-4H3. The molecule has 6 heteroatoms. The predicted molar refractivity (Wildman–Crippen MR) is 89.1 cm³/mol. The first-order chi connectivity index (χ1) is 9.77. The first-order valence-corrected chi connectivity index (χ1v) is 9.15. The van der Waals surface area contributed by atoms with Gasteiger partial charge in [-0.25, -0.2) is 8.42 Å². The molecule has 0 unspecified atom stereocenters. The lowest BCUT2D eigenvalue weighted by Gasteiger charge is -2.25. The Bertz CT molecular complexity index is 584. The number of rotatable bonds is 7. The minimum atomic E-state index is -3.54. The molecule has 2 N–H and O–H groups in total. The number of anilines is 1. The fourth-order valence-electron chi connectivity index (χ4n) is 2.32. The number of nitrogens with zero attached hydrogens (tertiary/aromatic N) is 1. The molecule has 0 aliphatic rings. The fourth-order valence-corrected chi connectivity index (χ4v) is 4.30. The number of hydrogen-bond acceptors (Lipinski definition) is 3. The summed E-state index contributed by atoms with van der Waals surface area (Å²) in [5.41, 5.74) is 6.68. The van der Waals surface area contributed by atoms with E-state index in [9.17, 15) is 8.42 Å². The summed E-state index contributed by atoms with van der Waals surface area (Å²) in [7, 11) is -3.54. The molecule has 0 aliphatic carbocycles. The van der Waals surface area contributed by atoms with Crippen LogP contribution in [0.3, 0.4) is 0 Å². The molecule has 1 rings (SSSR count). The lowest BCUT2D eigenvalue weighted by Crippen LogP contribution is -2.35. The molecule has 0 fully saturated rings. The van der Waals surface area contributed by atoms with Crippen molar-refractivity contribution in [2.45, 2.75) is 45.4 Å². The Balaban J connectivity index is 3.22. The second-order valence-electron chi connectivity index (χ2n) is 5.28. The molecule has 0 heterocycles. The molecule has 0 radical (unpaired) electrons.